The second-order valence-electron chi connectivity index (χ2n) is 10.9. The lowest BCUT2D eigenvalue weighted by atomic mass is 9.98. The van der Waals surface area contributed by atoms with Gasteiger partial charge in [-0.1, -0.05) is 6.07 Å². The van der Waals surface area contributed by atoms with Crippen molar-refractivity contribution in [2.75, 3.05) is 19.6 Å². The molecule has 4 aromatic rings. The van der Waals surface area contributed by atoms with Crippen molar-refractivity contribution in [3.05, 3.63) is 71.6 Å². The van der Waals surface area contributed by atoms with Crippen molar-refractivity contribution in [1.82, 2.24) is 29.1 Å². The average Bonchev–Trinajstić information content (AvgIpc) is 3.73. The summed E-state index contributed by atoms with van der Waals surface area (Å²) in [6, 6.07) is 9.57. The predicted octanol–water partition coefficient (Wildman–Crippen LogP) is 3.68. The molecule has 0 spiro atoms. The van der Waals surface area contributed by atoms with E-state index in [1.807, 2.05) is 51.0 Å². The van der Waals surface area contributed by atoms with Gasteiger partial charge < -0.3 is 19.7 Å². The summed E-state index contributed by atoms with van der Waals surface area (Å²) in [4.78, 5) is 35.2. The van der Waals surface area contributed by atoms with Crippen molar-refractivity contribution in [2.45, 2.75) is 44.4 Å². The molecule has 4 aliphatic rings. The Balaban J connectivity index is 1.23. The van der Waals surface area contributed by atoms with E-state index in [1.54, 1.807) is 6.07 Å². The smallest absolute Gasteiger partial charge is 0.320 e. The second kappa shape index (κ2) is 8.01. The summed E-state index contributed by atoms with van der Waals surface area (Å²) in [7, 11) is 0. The van der Waals surface area contributed by atoms with Crippen LogP contribution in [0.2, 0.25) is 0 Å². The number of imidazole rings is 1. The van der Waals surface area contributed by atoms with E-state index in [1.165, 1.54) is 6.07 Å². The quantitative estimate of drug-likeness (QED) is 0.447. The van der Waals surface area contributed by atoms with E-state index in [0.29, 0.717) is 44.1 Å². The number of carbonyl (C=O) groups excluding carboxylic acids is 2. The highest BCUT2D eigenvalue weighted by atomic mass is 19.1. The highest BCUT2D eigenvalue weighted by Crippen LogP contribution is 2.42. The molecule has 9 heteroatoms. The van der Waals surface area contributed by atoms with Crippen molar-refractivity contribution >= 4 is 39.5 Å². The summed E-state index contributed by atoms with van der Waals surface area (Å²) < 4.78 is 19.2. The number of fused-ring (bicyclic) bond motifs is 3. The van der Waals surface area contributed by atoms with Crippen molar-refractivity contribution in [1.29, 1.82) is 0 Å². The number of hydrogen-bond donors (Lipinski definition) is 1. The number of benzene rings is 1. The lowest BCUT2D eigenvalue weighted by Crippen LogP contribution is -2.51. The largest absolute Gasteiger partial charge is 0.345 e. The number of rotatable bonds is 2. The molecule has 1 N–H and O–H groups in total. The van der Waals surface area contributed by atoms with Gasteiger partial charge in [-0.3, -0.25) is 9.20 Å². The fourth-order valence-electron chi connectivity index (χ4n) is 7.02. The lowest BCUT2D eigenvalue weighted by molar-refractivity contribution is -0.113. The molecule has 192 valence electrons. The number of halogens is 1. The average molecular weight is 511 g/mol. The molecule has 2 amide bonds. The van der Waals surface area contributed by atoms with Crippen molar-refractivity contribution in [3.8, 4) is 0 Å². The zero-order valence-electron chi connectivity index (χ0n) is 20.9. The maximum Gasteiger partial charge on any atom is 0.320 e. The van der Waals surface area contributed by atoms with Crippen LogP contribution in [0.4, 0.5) is 9.18 Å². The van der Waals surface area contributed by atoms with E-state index in [0.717, 1.165) is 58.5 Å². The minimum atomic E-state index is -0.354. The zero-order valence-corrected chi connectivity index (χ0v) is 20.9. The fourth-order valence-corrected chi connectivity index (χ4v) is 7.02. The molecular weight excluding hydrogens is 483 g/mol. The molecule has 8 nitrogen and oxygen atoms in total. The maximum atomic E-state index is 15.1. The highest BCUT2D eigenvalue weighted by Gasteiger charge is 2.42. The Morgan fingerprint density at radius 3 is 2.92 bits per heavy atom. The number of aromatic nitrogens is 3. The third-order valence-electron chi connectivity index (χ3n) is 8.74. The van der Waals surface area contributed by atoms with Crippen molar-refractivity contribution in [3.63, 3.8) is 0 Å². The van der Waals surface area contributed by atoms with Crippen LogP contribution in [-0.2, 0) is 17.9 Å². The number of amides is 2. The monoisotopic (exact) mass is 510 g/mol. The molecule has 0 radical (unpaired) electrons. The number of allylic oxidation sites excluding steroid dienone is 2. The molecule has 2 unspecified atom stereocenters. The summed E-state index contributed by atoms with van der Waals surface area (Å²) in [5.74, 6) is -0.282. The molecule has 3 aliphatic heterocycles. The second-order valence-corrected chi connectivity index (χ2v) is 10.9. The van der Waals surface area contributed by atoms with Crippen LogP contribution in [0, 0.1) is 5.82 Å². The van der Waals surface area contributed by atoms with Gasteiger partial charge in [0.2, 0.25) is 0 Å². The Morgan fingerprint density at radius 1 is 1.16 bits per heavy atom. The molecule has 3 aromatic heterocycles. The third-order valence-corrected chi connectivity index (χ3v) is 8.74. The molecule has 1 aliphatic carbocycles. The molecule has 2 atom stereocenters. The number of nitrogens with one attached hydrogen (secondary N) is 1. The Labute approximate surface area is 218 Å². The minimum absolute atomic E-state index is 0.0333. The predicted molar refractivity (Wildman–Crippen MR) is 141 cm³/mol. The van der Waals surface area contributed by atoms with E-state index in [9.17, 15) is 9.59 Å². The molecular formula is C29H27FN6O2. The van der Waals surface area contributed by atoms with E-state index >= 15 is 4.39 Å². The van der Waals surface area contributed by atoms with Crippen LogP contribution < -0.4 is 5.32 Å². The number of pyridine rings is 1. The van der Waals surface area contributed by atoms with Gasteiger partial charge in [-0.25, -0.2) is 14.2 Å². The van der Waals surface area contributed by atoms with E-state index in [-0.39, 0.29) is 23.7 Å². The summed E-state index contributed by atoms with van der Waals surface area (Å²) >= 11 is 0. The van der Waals surface area contributed by atoms with Crippen molar-refractivity contribution < 1.29 is 14.0 Å². The third kappa shape index (κ3) is 3.14. The Bertz CT molecular complexity index is 1700. The standard InChI is InChI=1S/C29H27FN6O2/c30-18-9-17-14-34(29(38)36-15-19-11-20(36)12-31-19)8-7-33-16-23(22(10-18)28(17)33)27-21(4-5-25(27)37)24-13-32-26-3-1-2-6-35(24)26/h1-3,6,9-10,13,16,19-20,31H,4-5,7-8,11-12,14-15H2. The first kappa shape index (κ1) is 22.0. The van der Waals surface area contributed by atoms with Crippen LogP contribution >= 0.6 is 0 Å². The molecule has 2 bridgehead atoms. The lowest BCUT2D eigenvalue weighted by Gasteiger charge is -2.33. The fraction of sp³-hybridized carbons (Fsp3) is 0.345. The number of urea groups is 1. The number of Topliss-reactive ketones (excluding diaryl/α,β-unsaturated/α-hetero) is 1. The van der Waals surface area contributed by atoms with Gasteiger partial charge in [-0.05, 0) is 48.2 Å². The number of carbonyl (C=O) groups is 2. The van der Waals surface area contributed by atoms with Gasteiger partial charge in [-0.2, -0.15) is 0 Å². The summed E-state index contributed by atoms with van der Waals surface area (Å²) in [6.45, 7) is 3.05. The maximum absolute atomic E-state index is 15.1. The Kier molecular flexibility index (Phi) is 4.65. The van der Waals surface area contributed by atoms with Crippen LogP contribution in [0.1, 0.15) is 36.1 Å². The van der Waals surface area contributed by atoms with Gasteiger partial charge in [-0.15, -0.1) is 0 Å². The Hall–Kier alpha value is -3.98. The SMILES string of the molecule is O=C1CCC(c2cnc3ccccn23)=C1c1cn2c3c(cc(F)cc13)CN(C(=O)N1CC3CC1CN3)CC2. The summed E-state index contributed by atoms with van der Waals surface area (Å²) in [5, 5.41) is 4.18. The first-order valence-corrected chi connectivity index (χ1v) is 13.3. The molecule has 6 heterocycles. The summed E-state index contributed by atoms with van der Waals surface area (Å²) in [5.41, 5.74) is 5.79. The zero-order chi connectivity index (χ0) is 25.5. The molecule has 2 fully saturated rings. The van der Waals surface area contributed by atoms with E-state index in [4.69, 9.17) is 0 Å². The van der Waals surface area contributed by atoms with Gasteiger partial charge in [0.1, 0.15) is 11.5 Å². The molecule has 8 rings (SSSR count). The molecule has 1 aromatic carbocycles. The van der Waals surface area contributed by atoms with Crippen LogP contribution in [0.25, 0.3) is 27.7 Å². The van der Waals surface area contributed by atoms with Gasteiger partial charge in [0.25, 0.3) is 0 Å². The Morgan fingerprint density at radius 2 is 2.08 bits per heavy atom. The van der Waals surface area contributed by atoms with Gasteiger partial charge in [0.05, 0.1) is 17.4 Å². The van der Waals surface area contributed by atoms with Crippen LogP contribution in [0.5, 0.6) is 0 Å². The molecule has 38 heavy (non-hydrogen) atoms. The van der Waals surface area contributed by atoms with E-state index < -0.39 is 0 Å². The first-order valence-electron chi connectivity index (χ1n) is 13.3. The highest BCUT2D eigenvalue weighted by molar-refractivity contribution is 6.33. The van der Waals surface area contributed by atoms with Crippen LogP contribution in [0.3, 0.4) is 0 Å². The van der Waals surface area contributed by atoms with Gasteiger partial charge in [0.15, 0.2) is 5.78 Å². The number of ketones is 1. The minimum Gasteiger partial charge on any atom is -0.345 e. The van der Waals surface area contributed by atoms with Gasteiger partial charge >= 0.3 is 6.03 Å². The summed E-state index contributed by atoms with van der Waals surface area (Å²) in [6.07, 6.45) is 7.83. The number of hydrogen-bond acceptors (Lipinski definition) is 4. The molecule has 0 saturated carbocycles. The number of nitrogens with zero attached hydrogens (tertiary/aromatic N) is 5. The van der Waals surface area contributed by atoms with E-state index in [2.05, 4.69) is 14.9 Å². The number of likely N-dealkylation sites (tertiary alicyclic amines) is 1. The first-order chi connectivity index (χ1) is 18.5. The van der Waals surface area contributed by atoms with Crippen LogP contribution in [-0.4, -0.2) is 67.3 Å². The topological polar surface area (TPSA) is 74.9 Å². The van der Waals surface area contributed by atoms with Crippen molar-refractivity contribution in [2.24, 2.45) is 0 Å². The van der Waals surface area contributed by atoms with Crippen LogP contribution in [0.15, 0.2) is 48.9 Å². The van der Waals surface area contributed by atoms with Gasteiger partial charge in [0, 0.05) is 80.1 Å². The normalized spacial score (nSPS) is 22.9. The molecule has 2 saturated heterocycles. The number of piperazine rings is 1.